The fourth-order valence-corrected chi connectivity index (χ4v) is 3.54. The highest BCUT2D eigenvalue weighted by Crippen LogP contribution is 2.32. The number of thiophene rings is 1. The van der Waals surface area contributed by atoms with Gasteiger partial charge in [0.1, 0.15) is 11.3 Å². The Labute approximate surface area is 166 Å². The number of nitrogens with one attached hydrogen (secondary N) is 2. The van der Waals surface area contributed by atoms with Gasteiger partial charge in [0.05, 0.1) is 4.88 Å². The van der Waals surface area contributed by atoms with Gasteiger partial charge in [-0.3, -0.25) is 9.59 Å². The summed E-state index contributed by atoms with van der Waals surface area (Å²) < 4.78 is 5.77. The number of furan rings is 1. The van der Waals surface area contributed by atoms with Gasteiger partial charge in [0.2, 0.25) is 5.76 Å². The van der Waals surface area contributed by atoms with Crippen molar-refractivity contribution in [1.82, 2.24) is 0 Å². The molecule has 2 N–H and O–H groups in total. The molecule has 5 nitrogen and oxygen atoms in total. The zero-order valence-corrected chi connectivity index (χ0v) is 16.0. The molecule has 0 spiro atoms. The van der Waals surface area contributed by atoms with E-state index in [1.54, 1.807) is 18.2 Å². The van der Waals surface area contributed by atoms with Gasteiger partial charge in [-0.1, -0.05) is 37.3 Å². The molecule has 0 fully saturated rings. The Morgan fingerprint density at radius 3 is 2.43 bits per heavy atom. The maximum atomic E-state index is 12.9. The summed E-state index contributed by atoms with van der Waals surface area (Å²) in [6.07, 6.45) is 0.927. The Morgan fingerprint density at radius 2 is 1.71 bits per heavy atom. The van der Waals surface area contributed by atoms with Gasteiger partial charge in [0.25, 0.3) is 11.8 Å². The second kappa shape index (κ2) is 7.70. The molecule has 0 saturated carbocycles. The van der Waals surface area contributed by atoms with Crippen LogP contribution in [0.1, 0.15) is 32.7 Å². The summed E-state index contributed by atoms with van der Waals surface area (Å²) in [5.74, 6) is -0.615. The predicted molar refractivity (Wildman–Crippen MR) is 112 cm³/mol. The molecule has 4 rings (SSSR count). The summed E-state index contributed by atoms with van der Waals surface area (Å²) in [5, 5.41) is 8.18. The number of aryl methyl sites for hydroxylation is 1. The van der Waals surface area contributed by atoms with E-state index in [9.17, 15) is 9.59 Å². The molecule has 0 unspecified atom stereocenters. The Bertz CT molecular complexity index is 1130. The fraction of sp³-hybridized carbons (Fsp3) is 0.0909. The van der Waals surface area contributed by atoms with Crippen molar-refractivity contribution in [2.45, 2.75) is 13.3 Å². The lowest BCUT2D eigenvalue weighted by molar-refractivity contribution is 0.1000. The molecule has 28 heavy (non-hydrogen) atoms. The Kier molecular flexibility index (Phi) is 4.95. The van der Waals surface area contributed by atoms with Gasteiger partial charge in [-0.2, -0.15) is 0 Å². The number of benzene rings is 2. The van der Waals surface area contributed by atoms with Crippen molar-refractivity contribution < 1.29 is 14.0 Å². The predicted octanol–water partition coefficient (Wildman–Crippen LogP) is 5.56. The van der Waals surface area contributed by atoms with Crippen molar-refractivity contribution >= 4 is 45.5 Å². The van der Waals surface area contributed by atoms with E-state index in [-0.39, 0.29) is 11.7 Å². The van der Waals surface area contributed by atoms with Gasteiger partial charge in [-0.15, -0.1) is 11.3 Å². The van der Waals surface area contributed by atoms with Crippen LogP contribution in [0, 0.1) is 0 Å². The Balaban J connectivity index is 1.67. The van der Waals surface area contributed by atoms with Crippen LogP contribution < -0.4 is 10.6 Å². The number of carbonyl (C=O) groups excluding carboxylic acids is 2. The highest BCUT2D eigenvalue weighted by atomic mass is 32.1. The maximum Gasteiger partial charge on any atom is 0.293 e. The lowest BCUT2D eigenvalue weighted by atomic mass is 10.1. The van der Waals surface area contributed by atoms with E-state index in [0.717, 1.165) is 6.42 Å². The van der Waals surface area contributed by atoms with Crippen LogP contribution in [0.2, 0.25) is 0 Å². The summed E-state index contributed by atoms with van der Waals surface area (Å²) in [6, 6.07) is 18.4. The summed E-state index contributed by atoms with van der Waals surface area (Å²) in [7, 11) is 0. The first kappa shape index (κ1) is 18.0. The summed E-state index contributed by atoms with van der Waals surface area (Å²) in [4.78, 5) is 26.0. The average Bonchev–Trinajstić information content (AvgIpc) is 3.37. The number of hydrogen-bond donors (Lipinski definition) is 2. The molecule has 140 valence electrons. The summed E-state index contributed by atoms with van der Waals surface area (Å²) in [5.41, 5.74) is 2.76. The number of hydrogen-bond acceptors (Lipinski definition) is 4. The van der Waals surface area contributed by atoms with Gasteiger partial charge < -0.3 is 15.1 Å². The average molecular weight is 390 g/mol. The summed E-state index contributed by atoms with van der Waals surface area (Å²) >= 11 is 1.34. The summed E-state index contributed by atoms with van der Waals surface area (Å²) in [6.45, 7) is 2.07. The number of fused-ring (bicyclic) bond motifs is 1. The molecule has 0 aliphatic carbocycles. The van der Waals surface area contributed by atoms with Crippen LogP contribution >= 0.6 is 11.3 Å². The van der Waals surface area contributed by atoms with E-state index >= 15 is 0 Å². The highest BCUT2D eigenvalue weighted by Gasteiger charge is 2.23. The third-order valence-electron chi connectivity index (χ3n) is 4.41. The number of carbonyl (C=O) groups is 2. The minimum atomic E-state index is -0.415. The smallest absolute Gasteiger partial charge is 0.293 e. The topological polar surface area (TPSA) is 71.3 Å². The van der Waals surface area contributed by atoms with E-state index in [1.165, 1.54) is 16.9 Å². The van der Waals surface area contributed by atoms with E-state index < -0.39 is 5.91 Å². The van der Waals surface area contributed by atoms with Crippen LogP contribution in [0.5, 0.6) is 0 Å². The second-order valence-corrected chi connectivity index (χ2v) is 7.19. The van der Waals surface area contributed by atoms with Crippen LogP contribution in [-0.2, 0) is 6.42 Å². The molecule has 2 amide bonds. The SMILES string of the molecule is CCc1ccc(NC(=O)c2oc3ccccc3c2NC(=O)c2cccs2)cc1. The van der Waals surface area contributed by atoms with Crippen LogP contribution in [0.3, 0.4) is 0 Å². The van der Waals surface area contributed by atoms with Gasteiger partial charge in [-0.25, -0.2) is 0 Å². The van der Waals surface area contributed by atoms with E-state index in [4.69, 9.17) is 4.42 Å². The largest absolute Gasteiger partial charge is 0.449 e. The number of rotatable bonds is 5. The van der Waals surface area contributed by atoms with Crippen LogP contribution in [0.25, 0.3) is 11.0 Å². The van der Waals surface area contributed by atoms with Crippen molar-refractivity contribution in [2.24, 2.45) is 0 Å². The molecule has 0 saturated heterocycles. The standard InChI is InChI=1S/C22H18N2O3S/c1-2-14-9-11-15(12-10-14)23-22(26)20-19(16-6-3-4-7-17(16)27-20)24-21(25)18-8-5-13-28-18/h3-13H,2H2,1H3,(H,23,26)(H,24,25). The zero-order chi connectivity index (χ0) is 19.5. The lowest BCUT2D eigenvalue weighted by Crippen LogP contribution is -2.16. The normalized spacial score (nSPS) is 10.8. The first-order valence-corrected chi connectivity index (χ1v) is 9.80. The number of para-hydroxylation sites is 1. The lowest BCUT2D eigenvalue weighted by Gasteiger charge is -2.07. The van der Waals surface area contributed by atoms with Crippen LogP contribution in [0.15, 0.2) is 70.5 Å². The molecule has 0 radical (unpaired) electrons. The third-order valence-corrected chi connectivity index (χ3v) is 5.27. The van der Waals surface area contributed by atoms with Crippen molar-refractivity contribution in [3.05, 3.63) is 82.2 Å². The van der Waals surface area contributed by atoms with E-state index in [2.05, 4.69) is 17.6 Å². The molecule has 0 atom stereocenters. The minimum Gasteiger partial charge on any atom is -0.449 e. The molecule has 4 aromatic rings. The van der Waals surface area contributed by atoms with Gasteiger partial charge in [0, 0.05) is 11.1 Å². The molecule has 0 aliphatic heterocycles. The number of amides is 2. The Hall–Kier alpha value is -3.38. The van der Waals surface area contributed by atoms with E-state index in [1.807, 2.05) is 47.8 Å². The van der Waals surface area contributed by atoms with Crippen LogP contribution in [-0.4, -0.2) is 11.8 Å². The van der Waals surface area contributed by atoms with Crippen molar-refractivity contribution in [1.29, 1.82) is 0 Å². The Morgan fingerprint density at radius 1 is 0.929 bits per heavy atom. The molecule has 0 bridgehead atoms. The maximum absolute atomic E-state index is 12.9. The third kappa shape index (κ3) is 3.54. The molecule has 2 aromatic carbocycles. The number of anilines is 2. The van der Waals surface area contributed by atoms with E-state index in [0.29, 0.717) is 27.2 Å². The van der Waals surface area contributed by atoms with Crippen molar-refractivity contribution in [3.8, 4) is 0 Å². The first-order valence-electron chi connectivity index (χ1n) is 8.92. The molecule has 2 aromatic heterocycles. The molecule has 0 aliphatic rings. The minimum absolute atomic E-state index is 0.0747. The fourth-order valence-electron chi connectivity index (χ4n) is 2.92. The van der Waals surface area contributed by atoms with Gasteiger partial charge in [0.15, 0.2) is 0 Å². The second-order valence-electron chi connectivity index (χ2n) is 6.24. The van der Waals surface area contributed by atoms with Gasteiger partial charge >= 0.3 is 0 Å². The van der Waals surface area contributed by atoms with Gasteiger partial charge in [-0.05, 0) is 47.7 Å². The quantitative estimate of drug-likeness (QED) is 0.468. The highest BCUT2D eigenvalue weighted by molar-refractivity contribution is 7.12. The monoisotopic (exact) mass is 390 g/mol. The van der Waals surface area contributed by atoms with Crippen LogP contribution in [0.4, 0.5) is 11.4 Å². The molecular formula is C22H18N2O3S. The first-order chi connectivity index (χ1) is 13.7. The molecule has 2 heterocycles. The van der Waals surface area contributed by atoms with Crippen molar-refractivity contribution in [3.63, 3.8) is 0 Å². The van der Waals surface area contributed by atoms with Crippen molar-refractivity contribution in [2.75, 3.05) is 10.6 Å². The zero-order valence-electron chi connectivity index (χ0n) is 15.2. The molecule has 6 heteroatoms. The molecular weight excluding hydrogens is 372 g/mol.